The molecular weight excluding hydrogens is 308 g/mol. The zero-order valence-electron chi connectivity index (χ0n) is 14.1. The predicted molar refractivity (Wildman–Crippen MR) is 97.1 cm³/mol. The highest BCUT2D eigenvalue weighted by Gasteiger charge is 2.34. The first-order valence-corrected chi connectivity index (χ1v) is 8.71. The molecule has 2 heterocycles. The average Bonchev–Trinajstić information content (AvgIpc) is 3.07. The van der Waals surface area contributed by atoms with Gasteiger partial charge in [0.1, 0.15) is 0 Å². The van der Waals surface area contributed by atoms with Gasteiger partial charge in [-0.2, -0.15) is 0 Å². The monoisotopic (exact) mass is 336 g/mol. The molecule has 2 saturated heterocycles. The topological polar surface area (TPSA) is 32.3 Å². The molecule has 1 amide bonds. The fraction of sp³-hybridized carbons (Fsp3) is 0.632. The predicted octanol–water partition coefficient (Wildman–Crippen LogP) is 3.38. The van der Waals surface area contributed by atoms with Crippen molar-refractivity contribution in [2.45, 2.75) is 44.4 Å². The first kappa shape index (κ1) is 18.3. The summed E-state index contributed by atoms with van der Waals surface area (Å²) in [5, 5.41) is 3.39. The van der Waals surface area contributed by atoms with Crippen LogP contribution in [0.4, 0.5) is 0 Å². The molecule has 1 aromatic rings. The summed E-state index contributed by atoms with van der Waals surface area (Å²) in [5.74, 6) is 1.06. The third-order valence-corrected chi connectivity index (χ3v) is 5.45. The average molecular weight is 337 g/mol. The van der Waals surface area contributed by atoms with Gasteiger partial charge < -0.3 is 10.2 Å². The Morgan fingerprint density at radius 3 is 2.83 bits per heavy atom. The van der Waals surface area contributed by atoms with E-state index in [1.54, 1.807) is 0 Å². The van der Waals surface area contributed by atoms with Crippen molar-refractivity contribution in [3.63, 3.8) is 0 Å². The van der Waals surface area contributed by atoms with Crippen LogP contribution in [0.15, 0.2) is 30.3 Å². The van der Waals surface area contributed by atoms with E-state index >= 15 is 0 Å². The number of carbonyl (C=O) groups is 1. The van der Waals surface area contributed by atoms with Gasteiger partial charge in [0.05, 0.1) is 0 Å². The van der Waals surface area contributed by atoms with Crippen LogP contribution in [-0.4, -0.2) is 37.0 Å². The van der Waals surface area contributed by atoms with E-state index in [1.165, 1.54) is 18.4 Å². The van der Waals surface area contributed by atoms with Gasteiger partial charge in [0, 0.05) is 24.9 Å². The lowest BCUT2D eigenvalue weighted by Gasteiger charge is -2.41. The summed E-state index contributed by atoms with van der Waals surface area (Å²) < 4.78 is 0. The van der Waals surface area contributed by atoms with Gasteiger partial charge in [-0.05, 0) is 50.3 Å². The second-order valence-corrected chi connectivity index (χ2v) is 7.24. The number of nitrogens with zero attached hydrogens (tertiary/aromatic N) is 1. The lowest BCUT2D eigenvalue weighted by Crippen LogP contribution is -2.47. The SMILES string of the molecule is CC1(c2ccccc2)CCCN(C(=O)CCC2CCNC2)C1.Cl. The molecular formula is C19H29ClN2O. The van der Waals surface area contributed by atoms with E-state index in [2.05, 4.69) is 47.5 Å². The van der Waals surface area contributed by atoms with Gasteiger partial charge in [-0.15, -0.1) is 12.4 Å². The third-order valence-electron chi connectivity index (χ3n) is 5.45. The Morgan fingerprint density at radius 1 is 1.35 bits per heavy atom. The third kappa shape index (κ3) is 4.48. The second kappa shape index (κ2) is 8.16. The highest BCUT2D eigenvalue weighted by atomic mass is 35.5. The van der Waals surface area contributed by atoms with Crippen molar-refractivity contribution in [1.82, 2.24) is 10.2 Å². The molecule has 0 spiro atoms. The highest BCUT2D eigenvalue weighted by molar-refractivity contribution is 5.85. The van der Waals surface area contributed by atoms with Crippen molar-refractivity contribution in [1.29, 1.82) is 0 Å². The smallest absolute Gasteiger partial charge is 0.222 e. The Labute approximate surface area is 146 Å². The molecule has 0 saturated carbocycles. The van der Waals surface area contributed by atoms with Crippen LogP contribution in [-0.2, 0) is 10.2 Å². The molecule has 2 unspecified atom stereocenters. The van der Waals surface area contributed by atoms with Crippen LogP contribution in [0.5, 0.6) is 0 Å². The number of amides is 1. The van der Waals surface area contributed by atoms with Crippen molar-refractivity contribution in [2.75, 3.05) is 26.2 Å². The molecule has 3 nitrogen and oxygen atoms in total. The largest absolute Gasteiger partial charge is 0.342 e. The maximum Gasteiger partial charge on any atom is 0.222 e. The Balaban J connectivity index is 0.00000192. The van der Waals surface area contributed by atoms with E-state index in [0.29, 0.717) is 11.8 Å². The molecule has 0 aromatic heterocycles. The minimum Gasteiger partial charge on any atom is -0.342 e. The molecule has 2 atom stereocenters. The number of carbonyl (C=O) groups excluding carboxylic acids is 1. The van der Waals surface area contributed by atoms with Crippen LogP contribution in [0.1, 0.15) is 44.6 Å². The number of halogens is 1. The molecule has 1 aromatic carbocycles. The van der Waals surface area contributed by atoms with E-state index in [-0.39, 0.29) is 17.8 Å². The molecule has 4 heteroatoms. The number of hydrogen-bond donors (Lipinski definition) is 1. The van der Waals surface area contributed by atoms with Crippen molar-refractivity contribution < 1.29 is 4.79 Å². The molecule has 0 bridgehead atoms. The van der Waals surface area contributed by atoms with E-state index in [4.69, 9.17) is 0 Å². The molecule has 2 fully saturated rings. The molecule has 2 aliphatic rings. The number of nitrogens with one attached hydrogen (secondary N) is 1. The van der Waals surface area contributed by atoms with Gasteiger partial charge in [-0.3, -0.25) is 4.79 Å². The normalized spacial score (nSPS) is 27.5. The Kier molecular flexibility index (Phi) is 6.49. The zero-order valence-corrected chi connectivity index (χ0v) is 14.9. The molecule has 23 heavy (non-hydrogen) atoms. The highest BCUT2D eigenvalue weighted by Crippen LogP contribution is 2.34. The number of benzene rings is 1. The van der Waals surface area contributed by atoms with Crippen LogP contribution in [0, 0.1) is 5.92 Å². The van der Waals surface area contributed by atoms with E-state index in [0.717, 1.165) is 45.4 Å². The summed E-state index contributed by atoms with van der Waals surface area (Å²) >= 11 is 0. The van der Waals surface area contributed by atoms with Gasteiger partial charge in [-0.25, -0.2) is 0 Å². The summed E-state index contributed by atoms with van der Waals surface area (Å²) in [4.78, 5) is 14.7. The van der Waals surface area contributed by atoms with Crippen molar-refractivity contribution in [3.05, 3.63) is 35.9 Å². The molecule has 0 aliphatic carbocycles. The summed E-state index contributed by atoms with van der Waals surface area (Å²) in [6.07, 6.45) is 5.28. The van der Waals surface area contributed by atoms with Crippen LogP contribution >= 0.6 is 12.4 Å². The van der Waals surface area contributed by atoms with Crippen molar-refractivity contribution >= 4 is 18.3 Å². The lowest BCUT2D eigenvalue weighted by molar-refractivity contribution is -0.133. The number of piperidine rings is 1. The Hall–Kier alpha value is -1.06. The van der Waals surface area contributed by atoms with Gasteiger partial charge in [0.25, 0.3) is 0 Å². The minimum atomic E-state index is 0. The van der Waals surface area contributed by atoms with Gasteiger partial charge >= 0.3 is 0 Å². The van der Waals surface area contributed by atoms with Crippen LogP contribution < -0.4 is 5.32 Å². The number of hydrogen-bond acceptors (Lipinski definition) is 2. The lowest BCUT2D eigenvalue weighted by atomic mass is 9.76. The maximum atomic E-state index is 12.6. The first-order chi connectivity index (χ1) is 10.7. The Bertz CT molecular complexity index is 501. The first-order valence-electron chi connectivity index (χ1n) is 8.71. The van der Waals surface area contributed by atoms with Gasteiger partial charge in [0.15, 0.2) is 0 Å². The molecule has 3 rings (SSSR count). The van der Waals surface area contributed by atoms with Crippen molar-refractivity contribution in [2.24, 2.45) is 5.92 Å². The molecule has 0 radical (unpaired) electrons. The van der Waals surface area contributed by atoms with E-state index in [1.807, 2.05) is 0 Å². The maximum absolute atomic E-state index is 12.6. The molecule has 1 N–H and O–H groups in total. The molecule has 2 aliphatic heterocycles. The standard InChI is InChI=1S/C19H28N2O.ClH/c1-19(17-6-3-2-4-7-17)11-5-13-21(15-19)18(22)9-8-16-10-12-20-14-16;/h2-4,6-7,16,20H,5,8-15H2,1H3;1H. The van der Waals surface area contributed by atoms with Crippen LogP contribution in [0.2, 0.25) is 0 Å². The summed E-state index contributed by atoms with van der Waals surface area (Å²) in [6, 6.07) is 10.7. The second-order valence-electron chi connectivity index (χ2n) is 7.24. The number of likely N-dealkylation sites (tertiary alicyclic amines) is 1. The van der Waals surface area contributed by atoms with Crippen LogP contribution in [0.3, 0.4) is 0 Å². The van der Waals surface area contributed by atoms with Gasteiger partial charge in [0.2, 0.25) is 5.91 Å². The minimum absolute atomic E-state index is 0. The Morgan fingerprint density at radius 2 is 2.13 bits per heavy atom. The quantitative estimate of drug-likeness (QED) is 0.914. The summed E-state index contributed by atoms with van der Waals surface area (Å²) in [6.45, 7) is 6.33. The fourth-order valence-electron chi connectivity index (χ4n) is 3.98. The van der Waals surface area contributed by atoms with E-state index in [9.17, 15) is 4.79 Å². The van der Waals surface area contributed by atoms with E-state index < -0.39 is 0 Å². The fourth-order valence-corrected chi connectivity index (χ4v) is 3.98. The summed E-state index contributed by atoms with van der Waals surface area (Å²) in [7, 11) is 0. The molecule has 128 valence electrons. The summed E-state index contributed by atoms with van der Waals surface area (Å²) in [5.41, 5.74) is 1.48. The number of rotatable bonds is 4. The van der Waals surface area contributed by atoms with Gasteiger partial charge in [-0.1, -0.05) is 37.3 Å². The van der Waals surface area contributed by atoms with Crippen molar-refractivity contribution in [3.8, 4) is 0 Å². The van der Waals surface area contributed by atoms with Crippen LogP contribution in [0.25, 0.3) is 0 Å². The zero-order chi connectivity index (χ0) is 15.4.